The molecule has 0 radical (unpaired) electrons. The predicted octanol–water partition coefficient (Wildman–Crippen LogP) is 0.381. The van der Waals surface area contributed by atoms with Gasteiger partial charge in [0.25, 0.3) is 0 Å². The molecule has 0 fully saturated rings. The van der Waals surface area contributed by atoms with Gasteiger partial charge in [-0.25, -0.2) is 0 Å². The van der Waals surface area contributed by atoms with Gasteiger partial charge in [0.2, 0.25) is 11.9 Å². The molecule has 6 nitrogen and oxygen atoms in total. The Labute approximate surface area is 95.1 Å². The smallest absolute Gasteiger partial charge is 0.324 e. The van der Waals surface area contributed by atoms with Gasteiger partial charge < -0.3 is 15.0 Å². The zero-order valence-electron chi connectivity index (χ0n) is 9.69. The molecule has 0 amide bonds. The molecular formula is C10H15N5O. The summed E-state index contributed by atoms with van der Waals surface area (Å²) in [6, 6.07) is 0.229. The quantitative estimate of drug-likeness (QED) is 0.725. The first-order chi connectivity index (χ1) is 7.67. The van der Waals surface area contributed by atoms with E-state index in [0.717, 1.165) is 6.54 Å². The molecule has 1 aromatic heterocycles. The molecule has 0 saturated carbocycles. The van der Waals surface area contributed by atoms with Crippen LogP contribution in [-0.4, -0.2) is 42.2 Å². The molecule has 0 bridgehead atoms. The molecule has 1 N–H and O–H groups in total. The van der Waals surface area contributed by atoms with Gasteiger partial charge in [-0.1, -0.05) is 5.92 Å². The lowest BCUT2D eigenvalue weighted by molar-refractivity contribution is 0.339. The Hall–Kier alpha value is -2.03. The van der Waals surface area contributed by atoms with Crippen LogP contribution in [0.4, 0.5) is 11.9 Å². The van der Waals surface area contributed by atoms with Gasteiger partial charge in [-0.05, 0) is 6.92 Å². The van der Waals surface area contributed by atoms with Crippen LogP contribution in [0.15, 0.2) is 0 Å². The Morgan fingerprint density at radius 2 is 2.12 bits per heavy atom. The fourth-order valence-electron chi connectivity index (χ4n) is 0.954. The summed E-state index contributed by atoms with van der Waals surface area (Å²) in [4.78, 5) is 14.1. The van der Waals surface area contributed by atoms with Crippen LogP contribution in [0.3, 0.4) is 0 Å². The number of ether oxygens (including phenoxy) is 1. The van der Waals surface area contributed by atoms with E-state index in [1.807, 2.05) is 21.0 Å². The first-order valence-corrected chi connectivity index (χ1v) is 4.91. The highest BCUT2D eigenvalue weighted by molar-refractivity contribution is 5.36. The van der Waals surface area contributed by atoms with E-state index in [1.165, 1.54) is 0 Å². The molecule has 0 saturated heterocycles. The van der Waals surface area contributed by atoms with E-state index in [4.69, 9.17) is 11.2 Å². The number of rotatable bonds is 5. The predicted molar refractivity (Wildman–Crippen MR) is 62.6 cm³/mol. The van der Waals surface area contributed by atoms with Gasteiger partial charge >= 0.3 is 6.01 Å². The number of nitrogens with one attached hydrogen (secondary N) is 1. The van der Waals surface area contributed by atoms with Gasteiger partial charge in [-0.2, -0.15) is 15.0 Å². The van der Waals surface area contributed by atoms with Crippen LogP contribution < -0.4 is 15.0 Å². The minimum Gasteiger partial charge on any atom is -0.450 e. The van der Waals surface area contributed by atoms with Gasteiger partial charge in [-0.15, -0.1) is 6.42 Å². The van der Waals surface area contributed by atoms with Gasteiger partial charge in [0.05, 0.1) is 0 Å². The zero-order chi connectivity index (χ0) is 12.0. The normalized spacial score (nSPS) is 9.38. The van der Waals surface area contributed by atoms with E-state index >= 15 is 0 Å². The van der Waals surface area contributed by atoms with Crippen LogP contribution in [0.5, 0.6) is 6.01 Å². The molecule has 1 rings (SSSR count). The van der Waals surface area contributed by atoms with Crippen LogP contribution >= 0.6 is 0 Å². The van der Waals surface area contributed by atoms with Crippen molar-refractivity contribution < 1.29 is 4.74 Å². The maximum atomic E-state index is 5.17. The monoisotopic (exact) mass is 221 g/mol. The van der Waals surface area contributed by atoms with Crippen molar-refractivity contribution in [1.29, 1.82) is 0 Å². The van der Waals surface area contributed by atoms with Crippen molar-refractivity contribution in [3.63, 3.8) is 0 Å². The summed E-state index contributed by atoms with van der Waals surface area (Å²) in [7, 11) is 3.69. The van der Waals surface area contributed by atoms with Gasteiger partial charge in [0.15, 0.2) is 6.61 Å². The fourth-order valence-corrected chi connectivity index (χ4v) is 0.954. The van der Waals surface area contributed by atoms with Crippen molar-refractivity contribution in [3.05, 3.63) is 0 Å². The highest BCUT2D eigenvalue weighted by atomic mass is 16.5. The molecular weight excluding hydrogens is 206 g/mol. The number of aromatic nitrogens is 3. The molecule has 0 atom stereocenters. The summed E-state index contributed by atoms with van der Waals surface area (Å²) in [6.45, 7) is 2.83. The zero-order valence-corrected chi connectivity index (χ0v) is 9.69. The van der Waals surface area contributed by atoms with E-state index in [1.54, 1.807) is 4.90 Å². The molecule has 1 heterocycles. The number of anilines is 2. The fraction of sp³-hybridized carbons (Fsp3) is 0.500. The molecule has 0 aliphatic heterocycles. The van der Waals surface area contributed by atoms with Crippen LogP contribution in [0.1, 0.15) is 6.92 Å². The van der Waals surface area contributed by atoms with E-state index in [-0.39, 0.29) is 12.6 Å². The largest absolute Gasteiger partial charge is 0.450 e. The molecule has 0 aromatic carbocycles. The third-order valence-corrected chi connectivity index (χ3v) is 1.62. The third kappa shape index (κ3) is 3.28. The molecule has 0 aliphatic rings. The first-order valence-electron chi connectivity index (χ1n) is 4.91. The molecule has 6 heteroatoms. The molecule has 86 valence electrons. The topological polar surface area (TPSA) is 63.2 Å². The van der Waals surface area contributed by atoms with Crippen molar-refractivity contribution >= 4 is 11.9 Å². The van der Waals surface area contributed by atoms with Crippen LogP contribution in [0.2, 0.25) is 0 Å². The van der Waals surface area contributed by atoms with Crippen molar-refractivity contribution in [3.8, 4) is 18.4 Å². The van der Waals surface area contributed by atoms with E-state index in [9.17, 15) is 0 Å². The summed E-state index contributed by atoms with van der Waals surface area (Å²) in [6.07, 6.45) is 5.10. The maximum Gasteiger partial charge on any atom is 0.324 e. The maximum absolute atomic E-state index is 5.17. The van der Waals surface area contributed by atoms with Crippen molar-refractivity contribution in [2.45, 2.75) is 6.92 Å². The summed E-state index contributed by atoms with van der Waals surface area (Å²) in [5.41, 5.74) is 0. The average molecular weight is 221 g/mol. The first kappa shape index (κ1) is 12.0. The second kappa shape index (κ2) is 5.75. The third-order valence-electron chi connectivity index (χ3n) is 1.62. The Bertz CT molecular complexity index is 385. The van der Waals surface area contributed by atoms with Gasteiger partial charge in [-0.3, -0.25) is 0 Å². The van der Waals surface area contributed by atoms with Crippen LogP contribution in [0, 0.1) is 12.3 Å². The minimum atomic E-state index is 0.141. The molecule has 0 aliphatic carbocycles. The van der Waals surface area contributed by atoms with E-state index in [2.05, 4.69) is 26.2 Å². The molecule has 0 unspecified atom stereocenters. The van der Waals surface area contributed by atoms with Crippen LogP contribution in [0.25, 0.3) is 0 Å². The lowest BCUT2D eigenvalue weighted by Gasteiger charge is -2.12. The van der Waals surface area contributed by atoms with Crippen molar-refractivity contribution in [1.82, 2.24) is 15.0 Å². The second-order valence-electron chi connectivity index (χ2n) is 3.16. The highest BCUT2D eigenvalue weighted by Crippen LogP contribution is 2.12. The molecule has 16 heavy (non-hydrogen) atoms. The summed E-state index contributed by atoms with van der Waals surface area (Å²) in [5.74, 6) is 3.37. The van der Waals surface area contributed by atoms with E-state index < -0.39 is 0 Å². The van der Waals surface area contributed by atoms with Crippen molar-refractivity contribution in [2.75, 3.05) is 37.5 Å². The highest BCUT2D eigenvalue weighted by Gasteiger charge is 2.07. The Morgan fingerprint density at radius 3 is 2.69 bits per heavy atom. The van der Waals surface area contributed by atoms with Gasteiger partial charge in [0, 0.05) is 20.6 Å². The molecule has 0 spiro atoms. The number of terminal acetylenes is 1. The summed E-state index contributed by atoms with van der Waals surface area (Å²) >= 11 is 0. The Balaban J connectivity index is 2.94. The standard InChI is InChI=1S/C10H15N5O/c1-5-7-16-10-13-8(11-6-2)12-9(14-10)15(3)4/h1H,6-7H2,2-4H3,(H,11,12,13,14). The summed E-state index contributed by atoms with van der Waals surface area (Å²) in [5, 5.41) is 3.00. The Kier molecular flexibility index (Phi) is 4.33. The summed E-state index contributed by atoms with van der Waals surface area (Å²) < 4.78 is 5.17. The molecule has 1 aromatic rings. The van der Waals surface area contributed by atoms with E-state index in [0.29, 0.717) is 11.9 Å². The lowest BCUT2D eigenvalue weighted by Crippen LogP contribution is -2.16. The average Bonchev–Trinajstić information content (AvgIpc) is 2.26. The number of hydrogen-bond donors (Lipinski definition) is 1. The van der Waals surface area contributed by atoms with Crippen molar-refractivity contribution in [2.24, 2.45) is 0 Å². The number of nitrogens with zero attached hydrogens (tertiary/aromatic N) is 4. The Morgan fingerprint density at radius 1 is 1.38 bits per heavy atom. The SMILES string of the molecule is C#CCOc1nc(NCC)nc(N(C)C)n1. The number of hydrogen-bond acceptors (Lipinski definition) is 6. The van der Waals surface area contributed by atoms with Crippen LogP contribution in [-0.2, 0) is 0 Å². The minimum absolute atomic E-state index is 0.141. The lowest BCUT2D eigenvalue weighted by atomic mass is 10.7. The van der Waals surface area contributed by atoms with Gasteiger partial charge in [0.1, 0.15) is 0 Å². The second-order valence-corrected chi connectivity index (χ2v) is 3.16.